The van der Waals surface area contributed by atoms with Crippen molar-refractivity contribution in [3.63, 3.8) is 0 Å². The molecular formula is C18H23N3O3. The summed E-state index contributed by atoms with van der Waals surface area (Å²) >= 11 is 0. The highest BCUT2D eigenvalue weighted by molar-refractivity contribution is 6.07. The lowest BCUT2D eigenvalue weighted by Crippen LogP contribution is -2.44. The van der Waals surface area contributed by atoms with Gasteiger partial charge in [-0.15, -0.1) is 0 Å². The second-order valence-corrected chi connectivity index (χ2v) is 6.70. The van der Waals surface area contributed by atoms with Gasteiger partial charge in [0.15, 0.2) is 0 Å². The molecule has 1 aromatic rings. The summed E-state index contributed by atoms with van der Waals surface area (Å²) in [6, 6.07) is 7.28. The first-order valence-corrected chi connectivity index (χ1v) is 8.51. The van der Waals surface area contributed by atoms with Crippen LogP contribution in [0, 0.1) is 6.92 Å². The molecule has 1 heterocycles. The average molecular weight is 329 g/mol. The number of rotatable bonds is 5. The highest BCUT2D eigenvalue weighted by atomic mass is 16.2. The lowest BCUT2D eigenvalue weighted by molar-refractivity contribution is -0.131. The summed E-state index contributed by atoms with van der Waals surface area (Å²) < 4.78 is 0. The number of hydrogen-bond acceptors (Lipinski definition) is 3. The summed E-state index contributed by atoms with van der Waals surface area (Å²) in [5.41, 5.74) is 1.18. The maximum atomic E-state index is 12.5. The van der Waals surface area contributed by atoms with E-state index in [-0.39, 0.29) is 30.8 Å². The molecule has 0 atom stereocenters. The molecule has 1 saturated carbocycles. The summed E-state index contributed by atoms with van der Waals surface area (Å²) in [5.74, 6) is -0.229. The van der Waals surface area contributed by atoms with E-state index >= 15 is 0 Å². The molecule has 128 valence electrons. The molecule has 3 rings (SSSR count). The molecule has 4 amide bonds. The molecule has 6 heteroatoms. The SMILES string of the molecule is Cc1cccc(NC(=O)CCCN2C(=O)NC3(CCCC3)C2=O)c1. The van der Waals surface area contributed by atoms with E-state index < -0.39 is 5.54 Å². The van der Waals surface area contributed by atoms with Crippen LogP contribution in [0.25, 0.3) is 0 Å². The van der Waals surface area contributed by atoms with Crippen molar-refractivity contribution in [1.29, 1.82) is 0 Å². The molecule has 0 bridgehead atoms. The van der Waals surface area contributed by atoms with Gasteiger partial charge < -0.3 is 10.6 Å². The highest BCUT2D eigenvalue weighted by Crippen LogP contribution is 2.35. The van der Waals surface area contributed by atoms with Crippen LogP contribution in [0.1, 0.15) is 44.1 Å². The van der Waals surface area contributed by atoms with Crippen LogP contribution in [0.15, 0.2) is 24.3 Å². The third kappa shape index (κ3) is 3.27. The predicted octanol–water partition coefficient (Wildman–Crippen LogP) is 2.58. The van der Waals surface area contributed by atoms with Crippen LogP contribution in [0.3, 0.4) is 0 Å². The van der Waals surface area contributed by atoms with Gasteiger partial charge in [0, 0.05) is 18.7 Å². The number of nitrogens with zero attached hydrogens (tertiary/aromatic N) is 1. The van der Waals surface area contributed by atoms with Crippen LogP contribution in [0.5, 0.6) is 0 Å². The monoisotopic (exact) mass is 329 g/mol. The van der Waals surface area contributed by atoms with E-state index in [1.54, 1.807) is 0 Å². The molecular weight excluding hydrogens is 306 g/mol. The summed E-state index contributed by atoms with van der Waals surface area (Å²) in [6.45, 7) is 2.25. The number of hydrogen-bond donors (Lipinski definition) is 2. The van der Waals surface area contributed by atoms with Gasteiger partial charge in [0.2, 0.25) is 5.91 Å². The summed E-state index contributed by atoms with van der Waals surface area (Å²) in [4.78, 5) is 37.8. The minimum Gasteiger partial charge on any atom is -0.326 e. The van der Waals surface area contributed by atoms with Crippen molar-refractivity contribution in [1.82, 2.24) is 10.2 Å². The van der Waals surface area contributed by atoms with Crippen molar-refractivity contribution in [3.05, 3.63) is 29.8 Å². The number of nitrogens with one attached hydrogen (secondary N) is 2. The molecule has 1 saturated heterocycles. The fourth-order valence-electron chi connectivity index (χ4n) is 3.54. The third-order valence-corrected chi connectivity index (χ3v) is 4.79. The second-order valence-electron chi connectivity index (χ2n) is 6.70. The van der Waals surface area contributed by atoms with E-state index in [1.165, 1.54) is 4.90 Å². The Morgan fingerprint density at radius 3 is 2.75 bits per heavy atom. The maximum Gasteiger partial charge on any atom is 0.325 e. The zero-order valence-corrected chi connectivity index (χ0v) is 13.9. The first-order chi connectivity index (χ1) is 11.5. The summed E-state index contributed by atoms with van der Waals surface area (Å²) in [7, 11) is 0. The van der Waals surface area contributed by atoms with Gasteiger partial charge in [-0.05, 0) is 43.9 Å². The van der Waals surface area contributed by atoms with E-state index in [1.807, 2.05) is 31.2 Å². The lowest BCUT2D eigenvalue weighted by atomic mass is 9.98. The van der Waals surface area contributed by atoms with E-state index in [9.17, 15) is 14.4 Å². The van der Waals surface area contributed by atoms with E-state index in [0.29, 0.717) is 6.42 Å². The summed E-state index contributed by atoms with van der Waals surface area (Å²) in [5, 5.41) is 5.69. The van der Waals surface area contributed by atoms with Gasteiger partial charge >= 0.3 is 6.03 Å². The fraction of sp³-hybridized carbons (Fsp3) is 0.500. The van der Waals surface area contributed by atoms with Crippen molar-refractivity contribution in [2.45, 2.75) is 51.0 Å². The van der Waals surface area contributed by atoms with Gasteiger partial charge in [-0.1, -0.05) is 25.0 Å². The Morgan fingerprint density at radius 1 is 1.29 bits per heavy atom. The first kappa shape index (κ1) is 16.5. The van der Waals surface area contributed by atoms with Gasteiger partial charge in [0.25, 0.3) is 5.91 Å². The molecule has 2 N–H and O–H groups in total. The van der Waals surface area contributed by atoms with Crippen molar-refractivity contribution < 1.29 is 14.4 Å². The van der Waals surface area contributed by atoms with Crippen LogP contribution in [0.2, 0.25) is 0 Å². The summed E-state index contributed by atoms with van der Waals surface area (Å²) in [6.07, 6.45) is 4.13. The van der Waals surface area contributed by atoms with Crippen LogP contribution in [-0.4, -0.2) is 34.8 Å². The molecule has 2 fully saturated rings. The Morgan fingerprint density at radius 2 is 2.04 bits per heavy atom. The molecule has 2 aliphatic rings. The minimum absolute atomic E-state index is 0.108. The minimum atomic E-state index is -0.666. The molecule has 0 radical (unpaired) electrons. The zero-order chi connectivity index (χ0) is 17.2. The van der Waals surface area contributed by atoms with E-state index in [0.717, 1.165) is 36.9 Å². The number of urea groups is 1. The number of imide groups is 1. The highest BCUT2D eigenvalue weighted by Gasteiger charge is 2.51. The smallest absolute Gasteiger partial charge is 0.325 e. The van der Waals surface area contributed by atoms with Gasteiger partial charge in [0.05, 0.1) is 0 Å². The number of aryl methyl sites for hydroxylation is 1. The fourth-order valence-corrected chi connectivity index (χ4v) is 3.54. The Hall–Kier alpha value is -2.37. The van der Waals surface area contributed by atoms with Crippen molar-refractivity contribution in [3.8, 4) is 0 Å². The second kappa shape index (κ2) is 6.63. The quantitative estimate of drug-likeness (QED) is 0.815. The zero-order valence-electron chi connectivity index (χ0n) is 13.9. The van der Waals surface area contributed by atoms with E-state index in [4.69, 9.17) is 0 Å². The van der Waals surface area contributed by atoms with Gasteiger partial charge in [-0.25, -0.2) is 4.79 Å². The average Bonchev–Trinajstić information content (AvgIpc) is 3.08. The molecule has 6 nitrogen and oxygen atoms in total. The number of carbonyl (C=O) groups is 3. The van der Waals surface area contributed by atoms with Crippen molar-refractivity contribution in [2.24, 2.45) is 0 Å². The van der Waals surface area contributed by atoms with Crippen LogP contribution >= 0.6 is 0 Å². The number of carbonyl (C=O) groups excluding carboxylic acids is 3. The van der Waals surface area contributed by atoms with E-state index in [2.05, 4.69) is 10.6 Å². The Labute approximate surface area is 141 Å². The molecule has 0 aromatic heterocycles. The standard InChI is InChI=1S/C18H23N3O3/c1-13-6-4-7-14(12-13)19-15(22)8-5-11-21-16(23)18(20-17(21)24)9-2-3-10-18/h4,6-7,12H,2-3,5,8-11H2,1H3,(H,19,22)(H,20,24). The Bertz CT molecular complexity index is 665. The Kier molecular flexibility index (Phi) is 4.55. The van der Waals surface area contributed by atoms with Gasteiger partial charge in [-0.2, -0.15) is 0 Å². The van der Waals surface area contributed by atoms with Gasteiger partial charge in [0.1, 0.15) is 5.54 Å². The molecule has 1 spiro atoms. The Balaban J connectivity index is 1.48. The lowest BCUT2D eigenvalue weighted by Gasteiger charge is -2.19. The molecule has 1 aliphatic carbocycles. The van der Waals surface area contributed by atoms with Crippen molar-refractivity contribution in [2.75, 3.05) is 11.9 Å². The topological polar surface area (TPSA) is 78.5 Å². The maximum absolute atomic E-state index is 12.5. The predicted molar refractivity (Wildman–Crippen MR) is 90.5 cm³/mol. The molecule has 1 aromatic carbocycles. The molecule has 24 heavy (non-hydrogen) atoms. The number of benzene rings is 1. The van der Waals surface area contributed by atoms with Crippen molar-refractivity contribution >= 4 is 23.5 Å². The third-order valence-electron chi connectivity index (χ3n) is 4.79. The first-order valence-electron chi connectivity index (χ1n) is 8.51. The largest absolute Gasteiger partial charge is 0.326 e. The molecule has 0 unspecified atom stereocenters. The van der Waals surface area contributed by atoms with Crippen LogP contribution in [0.4, 0.5) is 10.5 Å². The normalized spacial score (nSPS) is 19.0. The number of anilines is 1. The van der Waals surface area contributed by atoms with Crippen LogP contribution < -0.4 is 10.6 Å². The van der Waals surface area contributed by atoms with Gasteiger partial charge in [-0.3, -0.25) is 14.5 Å². The number of amides is 4. The van der Waals surface area contributed by atoms with Crippen LogP contribution in [-0.2, 0) is 9.59 Å². The molecule has 1 aliphatic heterocycles.